The summed E-state index contributed by atoms with van der Waals surface area (Å²) in [6.07, 6.45) is -16.4. The van der Waals surface area contributed by atoms with E-state index in [1.807, 2.05) is 0 Å². The van der Waals surface area contributed by atoms with Crippen molar-refractivity contribution in [3.8, 4) is 11.5 Å². The summed E-state index contributed by atoms with van der Waals surface area (Å²) in [4.78, 5) is 0. The maximum atomic E-state index is 13.2. The Balaban J connectivity index is 2.65. The molecule has 0 aromatic heterocycles. The molecule has 1 N–H and O–H groups in total. The standard InChI is InChI=1S/C14H11F9O2/c1-6(12(15,16)17)7-4-8(11(2-3-11)13(18,19)20)10(5-9(7)24)25-14(21,22)23/h4-6,24H,2-3H2,1H3. The Hall–Kier alpha value is -1.81. The minimum absolute atomic E-state index is 0.145. The molecule has 0 heterocycles. The first kappa shape index (κ1) is 19.5. The Labute approximate surface area is 135 Å². The average molecular weight is 382 g/mol. The number of aromatic hydroxyl groups is 1. The molecule has 0 radical (unpaired) electrons. The molecule has 11 heteroatoms. The Morgan fingerprint density at radius 1 is 1.00 bits per heavy atom. The highest BCUT2D eigenvalue weighted by molar-refractivity contribution is 5.53. The number of halogens is 9. The molecule has 0 saturated heterocycles. The maximum Gasteiger partial charge on any atom is 0.573 e. The molecule has 142 valence electrons. The first-order valence-corrected chi connectivity index (χ1v) is 6.85. The Morgan fingerprint density at radius 3 is 1.88 bits per heavy atom. The van der Waals surface area contributed by atoms with Crippen LogP contribution in [0.2, 0.25) is 0 Å². The van der Waals surface area contributed by atoms with Crippen molar-refractivity contribution in [1.29, 1.82) is 0 Å². The van der Waals surface area contributed by atoms with Gasteiger partial charge in [0, 0.05) is 17.2 Å². The Morgan fingerprint density at radius 2 is 1.52 bits per heavy atom. The number of benzene rings is 1. The van der Waals surface area contributed by atoms with Crippen LogP contribution in [0.5, 0.6) is 11.5 Å². The zero-order valence-corrected chi connectivity index (χ0v) is 12.4. The lowest BCUT2D eigenvalue weighted by Gasteiger charge is -2.26. The van der Waals surface area contributed by atoms with Crippen molar-refractivity contribution in [2.45, 2.75) is 49.8 Å². The van der Waals surface area contributed by atoms with E-state index in [0.717, 1.165) is 0 Å². The molecule has 2 nitrogen and oxygen atoms in total. The van der Waals surface area contributed by atoms with E-state index in [-0.39, 0.29) is 6.07 Å². The fraction of sp³-hybridized carbons (Fsp3) is 0.571. The summed E-state index contributed by atoms with van der Waals surface area (Å²) in [5.41, 5.74) is -4.74. The molecule has 0 amide bonds. The van der Waals surface area contributed by atoms with Crippen LogP contribution in [0.1, 0.15) is 36.8 Å². The minimum atomic E-state index is -5.37. The van der Waals surface area contributed by atoms with Gasteiger partial charge in [0.1, 0.15) is 11.5 Å². The quantitative estimate of drug-likeness (QED) is 0.695. The van der Waals surface area contributed by atoms with Gasteiger partial charge in [-0.1, -0.05) is 0 Å². The van der Waals surface area contributed by atoms with Crippen molar-refractivity contribution in [3.63, 3.8) is 0 Å². The molecule has 1 aliphatic rings. The third kappa shape index (κ3) is 3.74. The highest BCUT2D eigenvalue weighted by Crippen LogP contribution is 2.62. The van der Waals surface area contributed by atoms with Crippen LogP contribution in [0.25, 0.3) is 0 Å². The van der Waals surface area contributed by atoms with E-state index >= 15 is 0 Å². The summed E-state index contributed by atoms with van der Waals surface area (Å²) >= 11 is 0. The number of ether oxygens (including phenoxy) is 1. The molecule has 25 heavy (non-hydrogen) atoms. The number of hydrogen-bond acceptors (Lipinski definition) is 2. The van der Waals surface area contributed by atoms with Crippen LogP contribution in [0.3, 0.4) is 0 Å². The SMILES string of the molecule is CC(c1cc(C2(C(F)(F)F)CC2)c(OC(F)(F)F)cc1O)C(F)(F)F. The van der Waals surface area contributed by atoms with Gasteiger partial charge in [-0.3, -0.25) is 0 Å². The molecule has 0 bridgehead atoms. The third-order valence-electron chi connectivity index (χ3n) is 4.12. The molecule has 0 spiro atoms. The molecule has 1 aromatic carbocycles. The van der Waals surface area contributed by atoms with E-state index < -0.39 is 65.5 Å². The van der Waals surface area contributed by atoms with Gasteiger partial charge in [0.05, 0.1) is 11.3 Å². The van der Waals surface area contributed by atoms with Crippen LogP contribution in [-0.2, 0) is 5.41 Å². The predicted octanol–water partition coefficient (Wildman–Crippen LogP) is 5.55. The number of rotatable bonds is 3. The maximum absolute atomic E-state index is 13.2. The summed E-state index contributed by atoms with van der Waals surface area (Å²) in [6.45, 7) is 0.580. The van der Waals surface area contributed by atoms with Gasteiger partial charge in [-0.25, -0.2) is 0 Å². The lowest BCUT2D eigenvalue weighted by Crippen LogP contribution is -2.31. The van der Waals surface area contributed by atoms with Gasteiger partial charge in [0.15, 0.2) is 0 Å². The summed E-state index contributed by atoms with van der Waals surface area (Å²) in [6, 6.07) is 0.446. The Bertz CT molecular complexity index is 654. The summed E-state index contributed by atoms with van der Waals surface area (Å²) < 4.78 is 119. The van der Waals surface area contributed by atoms with E-state index in [9.17, 15) is 44.6 Å². The van der Waals surface area contributed by atoms with E-state index in [1.165, 1.54) is 0 Å². The lowest BCUT2D eigenvalue weighted by molar-refractivity contribution is -0.275. The highest BCUT2D eigenvalue weighted by Gasteiger charge is 2.65. The van der Waals surface area contributed by atoms with E-state index in [0.29, 0.717) is 13.0 Å². The molecule has 1 unspecified atom stereocenters. The zero-order valence-electron chi connectivity index (χ0n) is 12.4. The first-order valence-electron chi connectivity index (χ1n) is 6.85. The number of hydrogen-bond donors (Lipinski definition) is 1. The molecular formula is C14H11F9O2. The van der Waals surface area contributed by atoms with Crippen LogP contribution in [-0.4, -0.2) is 23.8 Å². The van der Waals surface area contributed by atoms with Gasteiger partial charge < -0.3 is 9.84 Å². The predicted molar refractivity (Wildman–Crippen MR) is 66.2 cm³/mol. The molecule has 1 aliphatic carbocycles. The molecule has 2 rings (SSSR count). The minimum Gasteiger partial charge on any atom is -0.508 e. The second kappa shape index (κ2) is 5.60. The first-order chi connectivity index (χ1) is 11.1. The highest BCUT2D eigenvalue weighted by atomic mass is 19.4. The van der Waals surface area contributed by atoms with Crippen LogP contribution in [0.15, 0.2) is 12.1 Å². The van der Waals surface area contributed by atoms with Crippen molar-refractivity contribution < 1.29 is 49.4 Å². The summed E-state index contributed by atoms with van der Waals surface area (Å²) in [7, 11) is 0. The van der Waals surface area contributed by atoms with Crippen LogP contribution in [0, 0.1) is 0 Å². The van der Waals surface area contributed by atoms with E-state index in [1.54, 1.807) is 0 Å². The molecule has 1 atom stereocenters. The normalized spacial score (nSPS) is 18.8. The van der Waals surface area contributed by atoms with Crippen molar-refractivity contribution in [1.82, 2.24) is 0 Å². The fourth-order valence-electron chi connectivity index (χ4n) is 2.52. The summed E-state index contributed by atoms with van der Waals surface area (Å²) in [5.74, 6) is -4.97. The van der Waals surface area contributed by atoms with Gasteiger partial charge >= 0.3 is 18.7 Å². The Kier molecular flexibility index (Phi) is 4.37. The average Bonchev–Trinajstić information content (AvgIpc) is 3.15. The van der Waals surface area contributed by atoms with Crippen LogP contribution in [0.4, 0.5) is 39.5 Å². The largest absolute Gasteiger partial charge is 0.573 e. The molecule has 1 fully saturated rings. The van der Waals surface area contributed by atoms with Crippen molar-refractivity contribution in [2.75, 3.05) is 0 Å². The van der Waals surface area contributed by atoms with Crippen molar-refractivity contribution in [2.24, 2.45) is 0 Å². The number of alkyl halides is 9. The fourth-order valence-corrected chi connectivity index (χ4v) is 2.52. The van der Waals surface area contributed by atoms with Gasteiger partial charge in [-0.2, -0.15) is 26.3 Å². The second-order valence-electron chi connectivity index (χ2n) is 5.80. The smallest absolute Gasteiger partial charge is 0.508 e. The molecular weight excluding hydrogens is 371 g/mol. The topological polar surface area (TPSA) is 29.5 Å². The third-order valence-corrected chi connectivity index (χ3v) is 4.12. The molecule has 1 saturated carbocycles. The van der Waals surface area contributed by atoms with Gasteiger partial charge in [-0.05, 0) is 25.8 Å². The van der Waals surface area contributed by atoms with Gasteiger partial charge in [0.2, 0.25) is 0 Å². The van der Waals surface area contributed by atoms with Crippen molar-refractivity contribution >= 4 is 0 Å². The lowest BCUT2D eigenvalue weighted by atomic mass is 9.88. The van der Waals surface area contributed by atoms with Crippen molar-refractivity contribution in [3.05, 3.63) is 23.3 Å². The van der Waals surface area contributed by atoms with Gasteiger partial charge in [0.25, 0.3) is 0 Å². The summed E-state index contributed by atoms with van der Waals surface area (Å²) in [5, 5.41) is 9.61. The van der Waals surface area contributed by atoms with E-state index in [4.69, 9.17) is 0 Å². The van der Waals surface area contributed by atoms with E-state index in [2.05, 4.69) is 4.74 Å². The molecule has 1 aromatic rings. The zero-order chi connectivity index (χ0) is 19.4. The van der Waals surface area contributed by atoms with Crippen LogP contribution < -0.4 is 4.74 Å². The number of phenols is 1. The van der Waals surface area contributed by atoms with Gasteiger partial charge in [-0.15, -0.1) is 13.2 Å². The second-order valence-corrected chi connectivity index (χ2v) is 5.80. The monoisotopic (exact) mass is 382 g/mol. The van der Waals surface area contributed by atoms with Crippen LogP contribution >= 0.6 is 0 Å². The molecule has 0 aliphatic heterocycles. The number of phenolic OH excluding ortho intramolecular Hbond substituents is 1.